The van der Waals surface area contributed by atoms with Crippen LogP contribution in [0.4, 0.5) is 0 Å². The number of aliphatic hydroxyl groups excluding tert-OH is 3. The number of fused-ring (bicyclic) bond motifs is 2. The van der Waals surface area contributed by atoms with Crippen molar-refractivity contribution in [1.29, 1.82) is 0 Å². The molecule has 6 fully saturated rings. The van der Waals surface area contributed by atoms with Gasteiger partial charge in [-0.3, -0.25) is 4.79 Å². The minimum atomic E-state index is -2.15. The van der Waals surface area contributed by atoms with E-state index >= 15 is 0 Å². The van der Waals surface area contributed by atoms with Crippen LogP contribution < -0.4 is 0 Å². The summed E-state index contributed by atoms with van der Waals surface area (Å²) in [6.45, 7) is 8.07. The number of aliphatic hydroxyl groups is 4. The van der Waals surface area contributed by atoms with E-state index in [9.17, 15) is 25.2 Å². The summed E-state index contributed by atoms with van der Waals surface area (Å²) in [6.07, 6.45) is -0.747. The number of hydrogen-bond donors (Lipinski definition) is 4. The average Bonchev–Trinajstić information content (AvgIpc) is 2.69. The molecule has 6 nitrogen and oxygen atoms in total. The molecule has 4 aliphatic carbocycles. The molecule has 6 rings (SSSR count). The summed E-state index contributed by atoms with van der Waals surface area (Å²) < 4.78 is 5.80. The highest BCUT2D eigenvalue weighted by Crippen LogP contribution is 2.76. The molecular weight excluding hydrogens is 336 g/mol. The van der Waals surface area contributed by atoms with Gasteiger partial charge in [0.2, 0.25) is 5.79 Å². The fourth-order valence-electron chi connectivity index (χ4n) is 7.90. The van der Waals surface area contributed by atoms with Gasteiger partial charge in [0.1, 0.15) is 11.5 Å². The Bertz CT molecular complexity index is 717. The van der Waals surface area contributed by atoms with Crippen molar-refractivity contribution in [2.75, 3.05) is 6.61 Å². The second kappa shape index (κ2) is 4.61. The summed E-state index contributed by atoms with van der Waals surface area (Å²) in [5.74, 6) is -3.80. The largest absolute Gasteiger partial charge is 0.392 e. The fraction of sp³-hybridized carbons (Fsp3) is 0.850. The van der Waals surface area contributed by atoms with Gasteiger partial charge in [-0.25, -0.2) is 0 Å². The van der Waals surface area contributed by atoms with Crippen LogP contribution in [0.15, 0.2) is 12.2 Å². The highest BCUT2D eigenvalue weighted by Gasteiger charge is 2.86. The Balaban J connectivity index is 1.81. The summed E-state index contributed by atoms with van der Waals surface area (Å²) >= 11 is 0. The molecule has 6 heteroatoms. The van der Waals surface area contributed by atoms with Gasteiger partial charge in [-0.05, 0) is 42.6 Å². The first-order valence-electron chi connectivity index (χ1n) is 9.71. The molecule has 144 valence electrons. The Kier molecular flexibility index (Phi) is 3.07. The smallest absolute Gasteiger partial charge is 0.208 e. The lowest BCUT2D eigenvalue weighted by atomic mass is 9.35. The van der Waals surface area contributed by atoms with Crippen LogP contribution in [0.2, 0.25) is 0 Å². The minimum absolute atomic E-state index is 0.0966. The summed E-state index contributed by atoms with van der Waals surface area (Å²) in [5, 5.41) is 45.1. The highest BCUT2D eigenvalue weighted by atomic mass is 16.6. The Morgan fingerprint density at radius 3 is 2.50 bits per heavy atom. The van der Waals surface area contributed by atoms with Crippen LogP contribution in [0.25, 0.3) is 0 Å². The summed E-state index contributed by atoms with van der Waals surface area (Å²) in [7, 11) is 0. The van der Waals surface area contributed by atoms with Gasteiger partial charge >= 0.3 is 0 Å². The Morgan fingerprint density at radius 1 is 1.12 bits per heavy atom. The molecule has 0 aromatic heterocycles. The van der Waals surface area contributed by atoms with Crippen LogP contribution in [0.5, 0.6) is 0 Å². The first-order valence-corrected chi connectivity index (χ1v) is 9.71. The lowest BCUT2D eigenvalue weighted by Gasteiger charge is -2.74. The number of rotatable bonds is 0. The van der Waals surface area contributed by atoms with E-state index in [1.165, 1.54) is 0 Å². The molecule has 2 aliphatic heterocycles. The van der Waals surface area contributed by atoms with Crippen molar-refractivity contribution in [3.8, 4) is 0 Å². The van der Waals surface area contributed by atoms with Gasteiger partial charge in [0.25, 0.3) is 0 Å². The Morgan fingerprint density at radius 2 is 1.81 bits per heavy atom. The second-order valence-electron chi connectivity index (χ2n) is 9.97. The van der Waals surface area contributed by atoms with Crippen molar-refractivity contribution in [2.24, 2.45) is 34.0 Å². The van der Waals surface area contributed by atoms with E-state index in [2.05, 4.69) is 6.58 Å². The molecule has 0 aromatic carbocycles. The zero-order chi connectivity index (χ0) is 18.9. The maximum atomic E-state index is 13.3. The minimum Gasteiger partial charge on any atom is -0.392 e. The van der Waals surface area contributed by atoms with Crippen LogP contribution in [0, 0.1) is 34.0 Å². The number of ether oxygens (including phenoxy) is 1. The van der Waals surface area contributed by atoms with Gasteiger partial charge in [-0.2, -0.15) is 0 Å². The molecular formula is C20H28O6. The monoisotopic (exact) mass is 364 g/mol. The van der Waals surface area contributed by atoms with Crippen molar-refractivity contribution < 1.29 is 30.0 Å². The number of Topliss-reactive ketones (excluding diaryl/α,β-unsaturated/α-hetero) is 1. The molecule has 2 saturated heterocycles. The van der Waals surface area contributed by atoms with Gasteiger partial charge in [-0.1, -0.05) is 20.4 Å². The maximum absolute atomic E-state index is 13.3. The zero-order valence-electron chi connectivity index (χ0n) is 15.3. The molecule has 9 atom stereocenters. The van der Waals surface area contributed by atoms with Crippen molar-refractivity contribution in [3.05, 3.63) is 12.2 Å². The van der Waals surface area contributed by atoms with E-state index in [1.807, 2.05) is 13.8 Å². The van der Waals surface area contributed by atoms with E-state index in [0.717, 1.165) is 6.42 Å². The molecule has 4 N–H and O–H groups in total. The van der Waals surface area contributed by atoms with E-state index in [0.29, 0.717) is 24.8 Å². The van der Waals surface area contributed by atoms with Gasteiger partial charge in [-0.15, -0.1) is 0 Å². The van der Waals surface area contributed by atoms with Crippen molar-refractivity contribution in [3.63, 3.8) is 0 Å². The molecule has 3 unspecified atom stereocenters. The third kappa shape index (κ3) is 1.41. The SMILES string of the molecule is C=C1C(=O)C23C(CCC1[C@H]2O)[C@@]12CO[C@@]3(O)[C@@H](O)[C@@H]1C(C)(C)CC[C@@H]2O. The third-order valence-corrected chi connectivity index (χ3v) is 8.88. The normalized spacial score (nSPS) is 59.9. The van der Waals surface area contributed by atoms with Crippen LogP contribution in [0.1, 0.15) is 39.5 Å². The van der Waals surface area contributed by atoms with Crippen LogP contribution in [-0.4, -0.2) is 56.9 Å². The standard InChI is InChI=1S/C20H28O6/c1-9-10-4-5-11-18-8-26-20(25,19(11,14(9)22)15(10)23)16(24)13(18)17(2,3)7-6-12(18)21/h10-13,15-16,21,23-25H,1,4-8H2,2-3H3/t10?,11?,12-,13+,15+,16-,18+,19?,20-/m0/s1. The molecule has 26 heavy (non-hydrogen) atoms. The first-order chi connectivity index (χ1) is 12.1. The third-order valence-electron chi connectivity index (χ3n) is 8.88. The number of hydrogen-bond acceptors (Lipinski definition) is 6. The molecule has 0 radical (unpaired) electrons. The zero-order valence-corrected chi connectivity index (χ0v) is 15.3. The molecule has 4 bridgehead atoms. The van der Waals surface area contributed by atoms with Gasteiger partial charge in [0, 0.05) is 17.3 Å². The van der Waals surface area contributed by atoms with E-state index in [1.54, 1.807) is 0 Å². The average molecular weight is 364 g/mol. The van der Waals surface area contributed by atoms with E-state index in [4.69, 9.17) is 4.74 Å². The summed E-state index contributed by atoms with van der Waals surface area (Å²) in [6, 6.07) is 0. The quantitative estimate of drug-likeness (QED) is 0.463. The van der Waals surface area contributed by atoms with Gasteiger partial charge in [0.05, 0.1) is 18.8 Å². The van der Waals surface area contributed by atoms with E-state index in [-0.39, 0.29) is 12.0 Å². The van der Waals surface area contributed by atoms with Gasteiger partial charge < -0.3 is 25.2 Å². The predicted molar refractivity (Wildman–Crippen MR) is 90.7 cm³/mol. The Hall–Kier alpha value is -0.790. The number of carbonyl (C=O) groups excluding carboxylic acids is 1. The second-order valence-corrected chi connectivity index (χ2v) is 9.97. The molecule has 2 spiro atoms. The van der Waals surface area contributed by atoms with Crippen LogP contribution in [0.3, 0.4) is 0 Å². The van der Waals surface area contributed by atoms with Gasteiger partial charge in [0.15, 0.2) is 5.78 Å². The molecule has 6 aliphatic rings. The number of ketones is 1. The molecule has 0 amide bonds. The molecule has 0 aromatic rings. The van der Waals surface area contributed by atoms with Crippen molar-refractivity contribution >= 4 is 5.78 Å². The van der Waals surface area contributed by atoms with Crippen molar-refractivity contribution in [1.82, 2.24) is 0 Å². The maximum Gasteiger partial charge on any atom is 0.208 e. The van der Waals surface area contributed by atoms with Crippen LogP contribution >= 0.6 is 0 Å². The highest BCUT2D eigenvalue weighted by molar-refractivity contribution is 6.05. The lowest BCUT2D eigenvalue weighted by Crippen LogP contribution is -2.85. The topological polar surface area (TPSA) is 107 Å². The summed E-state index contributed by atoms with van der Waals surface area (Å²) in [5.41, 5.74) is -2.49. The molecule has 4 saturated carbocycles. The Labute approximate surface area is 152 Å². The number of carbonyl (C=O) groups is 1. The summed E-state index contributed by atoms with van der Waals surface area (Å²) in [4.78, 5) is 13.3. The molecule has 2 heterocycles. The predicted octanol–water partition coefficient (Wildman–Crippen LogP) is 0.376. The fourth-order valence-corrected chi connectivity index (χ4v) is 7.90. The van der Waals surface area contributed by atoms with Crippen LogP contribution in [-0.2, 0) is 9.53 Å². The van der Waals surface area contributed by atoms with Crippen molar-refractivity contribution in [2.45, 2.75) is 63.6 Å². The lowest BCUT2D eigenvalue weighted by molar-refractivity contribution is -0.458. The van der Waals surface area contributed by atoms with E-state index < -0.39 is 58.5 Å². The first kappa shape index (κ1) is 17.3.